The predicted molar refractivity (Wildman–Crippen MR) is 119 cm³/mol. The molecular weight excluding hydrogens is 392 g/mol. The Hall–Kier alpha value is -3.77. The summed E-state index contributed by atoms with van der Waals surface area (Å²) in [5, 5.41) is 12.6. The van der Waals surface area contributed by atoms with Crippen LogP contribution < -0.4 is 14.4 Å². The lowest BCUT2D eigenvalue weighted by Gasteiger charge is -2.23. The van der Waals surface area contributed by atoms with E-state index in [9.17, 15) is 9.90 Å². The number of fused-ring (bicyclic) bond motifs is 2. The van der Waals surface area contributed by atoms with Gasteiger partial charge in [0.1, 0.15) is 6.61 Å². The van der Waals surface area contributed by atoms with Crippen LogP contribution in [0.5, 0.6) is 11.5 Å². The molecule has 3 aromatic carbocycles. The van der Waals surface area contributed by atoms with Gasteiger partial charge in [-0.3, -0.25) is 4.79 Å². The molecule has 1 aromatic heterocycles. The lowest BCUT2D eigenvalue weighted by Crippen LogP contribution is -2.42. The number of methoxy groups -OCH3 is 1. The molecule has 1 amide bonds. The summed E-state index contributed by atoms with van der Waals surface area (Å²) < 4.78 is 11.2. The van der Waals surface area contributed by atoms with Crippen molar-refractivity contribution in [3.8, 4) is 11.5 Å². The van der Waals surface area contributed by atoms with Gasteiger partial charge in [0.25, 0.3) is 5.91 Å². The Bertz CT molecular complexity index is 1270. The number of H-pyrrole nitrogens is 1. The standard InChI is InChI=1S/C25H22N2O4/c1-30-22-12-6-7-13-23(22)31-15-14-27-21-11-5-3-9-18(21)25(29,24(27)28)19-16-26-20-10-4-2-8-17(19)20/h2-13,16,26,29H,14-15H2,1H3/t25-/m1/s1. The van der Waals surface area contributed by atoms with Crippen molar-refractivity contribution < 1.29 is 19.4 Å². The minimum atomic E-state index is -1.76. The van der Waals surface area contributed by atoms with Crippen molar-refractivity contribution in [3.63, 3.8) is 0 Å². The van der Waals surface area contributed by atoms with Gasteiger partial charge in [-0.25, -0.2) is 0 Å². The fraction of sp³-hybridized carbons (Fsp3) is 0.160. The summed E-state index contributed by atoms with van der Waals surface area (Å²) in [4.78, 5) is 18.3. The maximum Gasteiger partial charge on any atom is 0.268 e. The van der Waals surface area contributed by atoms with E-state index in [0.29, 0.717) is 34.9 Å². The van der Waals surface area contributed by atoms with Gasteiger partial charge >= 0.3 is 0 Å². The van der Waals surface area contributed by atoms with Crippen LogP contribution in [0.15, 0.2) is 79.0 Å². The number of carbonyl (C=O) groups excluding carboxylic acids is 1. The first-order valence-electron chi connectivity index (χ1n) is 10.1. The molecule has 2 N–H and O–H groups in total. The Morgan fingerprint density at radius 2 is 1.65 bits per heavy atom. The van der Waals surface area contributed by atoms with Gasteiger partial charge in [-0.1, -0.05) is 48.5 Å². The highest BCUT2D eigenvalue weighted by atomic mass is 16.5. The van der Waals surface area contributed by atoms with E-state index in [0.717, 1.165) is 10.9 Å². The number of benzene rings is 3. The topological polar surface area (TPSA) is 74.8 Å². The van der Waals surface area contributed by atoms with Crippen molar-refractivity contribution in [1.82, 2.24) is 4.98 Å². The molecule has 0 fully saturated rings. The molecule has 6 nitrogen and oxygen atoms in total. The smallest absolute Gasteiger partial charge is 0.268 e. The zero-order valence-electron chi connectivity index (χ0n) is 17.0. The Labute approximate surface area is 179 Å². The quantitative estimate of drug-likeness (QED) is 0.503. The summed E-state index contributed by atoms with van der Waals surface area (Å²) in [7, 11) is 1.59. The highest BCUT2D eigenvalue weighted by molar-refractivity contribution is 6.11. The third-order valence-corrected chi connectivity index (χ3v) is 5.76. The number of nitrogens with zero attached hydrogens (tertiary/aromatic N) is 1. The number of rotatable bonds is 6. The summed E-state index contributed by atoms with van der Waals surface area (Å²) in [6.07, 6.45) is 1.72. The van der Waals surface area contributed by atoms with E-state index >= 15 is 0 Å². The van der Waals surface area contributed by atoms with E-state index in [1.807, 2.05) is 66.7 Å². The van der Waals surface area contributed by atoms with Crippen molar-refractivity contribution in [1.29, 1.82) is 0 Å². The summed E-state index contributed by atoms with van der Waals surface area (Å²) in [6.45, 7) is 0.545. The molecule has 0 bridgehead atoms. The van der Waals surface area contributed by atoms with E-state index < -0.39 is 5.60 Å². The van der Waals surface area contributed by atoms with Gasteiger partial charge in [-0.2, -0.15) is 0 Å². The second-order valence-electron chi connectivity index (χ2n) is 7.43. The number of carbonyl (C=O) groups is 1. The maximum absolute atomic E-state index is 13.6. The number of ether oxygens (including phenoxy) is 2. The summed E-state index contributed by atoms with van der Waals surface area (Å²) in [5.41, 5.74) is 0.912. The van der Waals surface area contributed by atoms with Crippen LogP contribution in [0, 0.1) is 0 Å². The van der Waals surface area contributed by atoms with Crippen molar-refractivity contribution in [2.24, 2.45) is 0 Å². The van der Waals surface area contributed by atoms with Crippen LogP contribution in [0.25, 0.3) is 10.9 Å². The van der Waals surface area contributed by atoms with Crippen LogP contribution in [0.2, 0.25) is 0 Å². The monoisotopic (exact) mass is 414 g/mol. The van der Waals surface area contributed by atoms with Crippen molar-refractivity contribution in [3.05, 3.63) is 90.1 Å². The largest absolute Gasteiger partial charge is 0.493 e. The molecule has 0 spiro atoms. The highest BCUT2D eigenvalue weighted by Gasteiger charge is 2.51. The predicted octanol–water partition coefficient (Wildman–Crippen LogP) is 3.84. The first-order chi connectivity index (χ1) is 15.1. The second kappa shape index (κ2) is 7.49. The summed E-state index contributed by atoms with van der Waals surface area (Å²) in [6, 6.07) is 22.4. The number of aliphatic hydroxyl groups is 1. The molecule has 0 saturated heterocycles. The maximum atomic E-state index is 13.6. The number of para-hydroxylation sites is 4. The minimum Gasteiger partial charge on any atom is -0.493 e. The summed E-state index contributed by atoms with van der Waals surface area (Å²) >= 11 is 0. The average molecular weight is 414 g/mol. The van der Waals surface area contributed by atoms with Crippen LogP contribution in [-0.4, -0.2) is 36.3 Å². The first kappa shape index (κ1) is 19.2. The van der Waals surface area contributed by atoms with E-state index in [1.54, 1.807) is 24.3 Å². The molecule has 0 saturated carbocycles. The Balaban J connectivity index is 1.47. The van der Waals surface area contributed by atoms with Crippen LogP contribution in [0.3, 0.4) is 0 Å². The van der Waals surface area contributed by atoms with Gasteiger partial charge < -0.3 is 24.5 Å². The molecule has 2 heterocycles. The third kappa shape index (κ3) is 2.95. The molecule has 31 heavy (non-hydrogen) atoms. The lowest BCUT2D eigenvalue weighted by atomic mass is 9.87. The van der Waals surface area contributed by atoms with Crippen LogP contribution in [-0.2, 0) is 10.4 Å². The number of hydrogen-bond acceptors (Lipinski definition) is 4. The number of amides is 1. The van der Waals surface area contributed by atoms with Crippen molar-refractivity contribution in [2.75, 3.05) is 25.2 Å². The fourth-order valence-electron chi connectivity index (χ4n) is 4.27. The number of hydrogen-bond donors (Lipinski definition) is 2. The molecule has 1 atom stereocenters. The molecule has 6 heteroatoms. The molecule has 156 valence electrons. The average Bonchev–Trinajstić information content (AvgIpc) is 3.34. The second-order valence-corrected chi connectivity index (χ2v) is 7.43. The van der Waals surface area contributed by atoms with Crippen molar-refractivity contribution in [2.45, 2.75) is 5.60 Å². The first-order valence-corrected chi connectivity index (χ1v) is 10.1. The minimum absolute atomic E-state index is 0.254. The zero-order valence-corrected chi connectivity index (χ0v) is 17.0. The van der Waals surface area contributed by atoms with Gasteiger partial charge in [0.15, 0.2) is 17.1 Å². The lowest BCUT2D eigenvalue weighted by molar-refractivity contribution is -0.132. The van der Waals surface area contributed by atoms with Gasteiger partial charge in [0, 0.05) is 28.2 Å². The zero-order chi connectivity index (χ0) is 21.4. The van der Waals surface area contributed by atoms with E-state index in [1.165, 1.54) is 0 Å². The van der Waals surface area contributed by atoms with Crippen LogP contribution >= 0.6 is 0 Å². The molecule has 1 aliphatic rings. The van der Waals surface area contributed by atoms with E-state index in [-0.39, 0.29) is 12.5 Å². The molecule has 0 unspecified atom stereocenters. The van der Waals surface area contributed by atoms with Crippen molar-refractivity contribution >= 4 is 22.5 Å². The molecule has 4 aromatic rings. The molecule has 5 rings (SSSR count). The van der Waals surface area contributed by atoms with E-state index in [4.69, 9.17) is 9.47 Å². The highest BCUT2D eigenvalue weighted by Crippen LogP contribution is 2.46. The Kier molecular flexibility index (Phi) is 4.64. The normalized spacial score (nSPS) is 17.7. The molecule has 0 radical (unpaired) electrons. The number of nitrogens with one attached hydrogen (secondary N) is 1. The van der Waals surface area contributed by atoms with Gasteiger partial charge in [0.2, 0.25) is 0 Å². The molecular formula is C25H22N2O4. The van der Waals surface area contributed by atoms with Crippen LogP contribution in [0.1, 0.15) is 11.1 Å². The van der Waals surface area contributed by atoms with Crippen LogP contribution in [0.4, 0.5) is 5.69 Å². The fourth-order valence-corrected chi connectivity index (χ4v) is 4.27. The molecule has 0 aliphatic carbocycles. The van der Waals surface area contributed by atoms with Gasteiger partial charge in [0.05, 0.1) is 19.3 Å². The Morgan fingerprint density at radius 3 is 2.48 bits per heavy atom. The van der Waals surface area contributed by atoms with Gasteiger partial charge in [-0.15, -0.1) is 0 Å². The third-order valence-electron chi connectivity index (χ3n) is 5.76. The van der Waals surface area contributed by atoms with Gasteiger partial charge in [-0.05, 0) is 24.3 Å². The molecule has 1 aliphatic heterocycles. The Morgan fingerprint density at radius 1 is 0.935 bits per heavy atom. The number of aromatic amines is 1. The number of anilines is 1. The number of aromatic nitrogens is 1. The summed E-state index contributed by atoms with van der Waals surface area (Å²) in [5.74, 6) is 0.852. The van der Waals surface area contributed by atoms with E-state index in [2.05, 4.69) is 4.98 Å². The SMILES string of the molecule is COc1ccccc1OCCN1C(=O)[C@](O)(c2c[nH]c3ccccc23)c2ccccc21.